The van der Waals surface area contributed by atoms with E-state index >= 15 is 0 Å². The van der Waals surface area contributed by atoms with Gasteiger partial charge >= 0.3 is 6.03 Å². The molecule has 3 N–H and O–H groups in total. The molecule has 7 heteroatoms. The molecule has 0 radical (unpaired) electrons. The fourth-order valence-electron chi connectivity index (χ4n) is 6.33. The molecule has 248 valence electrons. The highest BCUT2D eigenvalue weighted by Crippen LogP contribution is 2.39. The zero-order chi connectivity index (χ0) is 33.5. The zero-order valence-corrected chi connectivity index (χ0v) is 27.9. The van der Waals surface area contributed by atoms with E-state index < -0.39 is 6.29 Å². The number of rotatable bonds is 11. The van der Waals surface area contributed by atoms with E-state index in [4.69, 9.17) is 9.47 Å². The molecule has 0 aliphatic carbocycles. The van der Waals surface area contributed by atoms with E-state index in [-0.39, 0.29) is 30.9 Å². The number of nitrogens with zero attached hydrogens (tertiary/aromatic N) is 1. The van der Waals surface area contributed by atoms with Crippen molar-refractivity contribution in [3.63, 3.8) is 0 Å². The highest BCUT2D eigenvalue weighted by atomic mass is 16.7. The van der Waals surface area contributed by atoms with Gasteiger partial charge in [-0.1, -0.05) is 103 Å². The fraction of sp³-hybridized carbons (Fsp3) is 0.293. The van der Waals surface area contributed by atoms with Crippen LogP contribution >= 0.6 is 0 Å². The van der Waals surface area contributed by atoms with Gasteiger partial charge in [0.1, 0.15) is 0 Å². The number of urea groups is 1. The molecule has 2 amide bonds. The van der Waals surface area contributed by atoms with Crippen LogP contribution in [0.2, 0.25) is 0 Å². The van der Waals surface area contributed by atoms with Gasteiger partial charge in [0.2, 0.25) is 0 Å². The number of fused-ring (bicyclic) bond motifs is 1. The van der Waals surface area contributed by atoms with Gasteiger partial charge in [0, 0.05) is 37.7 Å². The molecule has 7 nitrogen and oxygen atoms in total. The lowest BCUT2D eigenvalue weighted by atomic mass is 9.98. The number of nitrogens with one attached hydrogen (secondary N) is 2. The molecule has 0 unspecified atom stereocenters. The molecule has 1 aliphatic heterocycles. The van der Waals surface area contributed by atoms with E-state index in [0.29, 0.717) is 13.1 Å². The molecule has 1 heterocycles. The summed E-state index contributed by atoms with van der Waals surface area (Å²) < 4.78 is 13.3. The Kier molecular flexibility index (Phi) is 10.8. The Hall–Kier alpha value is -4.53. The van der Waals surface area contributed by atoms with E-state index in [1.54, 1.807) is 0 Å². The summed E-state index contributed by atoms with van der Waals surface area (Å²) in [5.41, 5.74) is 7.36. The predicted octanol–water partition coefficient (Wildman–Crippen LogP) is 8.06. The van der Waals surface area contributed by atoms with Gasteiger partial charge in [-0.15, -0.1) is 0 Å². The Morgan fingerprint density at radius 1 is 0.812 bits per heavy atom. The SMILES string of the molecule is CCNC(=O)NCc1cccc(-c2ccc([C@H]3O[C@@H](CN(C)[C@H](C)c4ccc5ccccc5c4)C[C@@H](c4ccc(CO)cc4)O3)cc2)c1. The maximum Gasteiger partial charge on any atom is 0.315 e. The van der Waals surface area contributed by atoms with Gasteiger partial charge in [0.15, 0.2) is 6.29 Å². The molecule has 1 fully saturated rings. The number of benzene rings is 5. The minimum absolute atomic E-state index is 0.0115. The number of carbonyl (C=O) groups is 1. The molecular weight excluding hydrogens is 598 g/mol. The third kappa shape index (κ3) is 8.12. The number of ether oxygens (including phenoxy) is 2. The molecule has 48 heavy (non-hydrogen) atoms. The van der Waals surface area contributed by atoms with Crippen molar-refractivity contribution in [1.82, 2.24) is 15.5 Å². The van der Waals surface area contributed by atoms with Crippen molar-refractivity contribution >= 4 is 16.8 Å². The van der Waals surface area contributed by atoms with Crippen LogP contribution in [0.1, 0.15) is 66.5 Å². The highest BCUT2D eigenvalue weighted by molar-refractivity contribution is 5.83. The normalized spacial score (nSPS) is 18.5. The van der Waals surface area contributed by atoms with Crippen LogP contribution in [0, 0.1) is 0 Å². The molecule has 0 aromatic heterocycles. The maximum atomic E-state index is 11.9. The lowest BCUT2D eigenvalue weighted by Gasteiger charge is -2.39. The summed E-state index contributed by atoms with van der Waals surface area (Å²) in [6.07, 6.45) is -0.0243. The van der Waals surface area contributed by atoms with Gasteiger partial charge < -0.3 is 25.2 Å². The molecular formula is C41H45N3O4. The molecule has 0 saturated carbocycles. The molecule has 5 aromatic rings. The second-order valence-electron chi connectivity index (χ2n) is 12.6. The first-order chi connectivity index (χ1) is 23.4. The van der Waals surface area contributed by atoms with Crippen molar-refractivity contribution in [2.24, 2.45) is 0 Å². The van der Waals surface area contributed by atoms with Crippen molar-refractivity contribution in [2.45, 2.75) is 58.0 Å². The van der Waals surface area contributed by atoms with Gasteiger partial charge in [-0.3, -0.25) is 4.90 Å². The highest BCUT2D eigenvalue weighted by Gasteiger charge is 2.33. The van der Waals surface area contributed by atoms with Gasteiger partial charge in [0.25, 0.3) is 0 Å². The number of aliphatic hydroxyl groups is 1. The third-order valence-electron chi connectivity index (χ3n) is 9.26. The maximum absolute atomic E-state index is 11.9. The average molecular weight is 644 g/mol. The number of amides is 2. The summed E-state index contributed by atoms with van der Waals surface area (Å²) in [4.78, 5) is 14.2. The second-order valence-corrected chi connectivity index (χ2v) is 12.6. The Bertz CT molecular complexity index is 1810. The quantitative estimate of drug-likeness (QED) is 0.136. The summed E-state index contributed by atoms with van der Waals surface area (Å²) in [6, 6.07) is 39.8. The Morgan fingerprint density at radius 3 is 2.31 bits per heavy atom. The minimum Gasteiger partial charge on any atom is -0.392 e. The van der Waals surface area contributed by atoms with Crippen molar-refractivity contribution in [2.75, 3.05) is 20.1 Å². The minimum atomic E-state index is -0.530. The van der Waals surface area contributed by atoms with Crippen LogP contribution in [-0.2, 0) is 22.6 Å². The molecule has 6 rings (SSSR count). The van der Waals surface area contributed by atoms with Gasteiger partial charge in [0.05, 0.1) is 18.8 Å². The molecule has 1 aliphatic rings. The first-order valence-electron chi connectivity index (χ1n) is 16.8. The number of likely N-dealkylation sites (N-methyl/N-ethyl adjacent to an activating group) is 1. The van der Waals surface area contributed by atoms with Crippen LogP contribution in [0.15, 0.2) is 115 Å². The van der Waals surface area contributed by atoms with Crippen molar-refractivity contribution in [3.8, 4) is 11.1 Å². The van der Waals surface area contributed by atoms with Crippen LogP contribution in [0.4, 0.5) is 4.79 Å². The van der Waals surface area contributed by atoms with E-state index in [2.05, 4.69) is 108 Å². The average Bonchev–Trinajstić information content (AvgIpc) is 3.13. The predicted molar refractivity (Wildman–Crippen MR) is 191 cm³/mol. The monoisotopic (exact) mass is 643 g/mol. The molecule has 1 saturated heterocycles. The Balaban J connectivity index is 1.19. The zero-order valence-electron chi connectivity index (χ0n) is 27.9. The molecule has 5 aromatic carbocycles. The van der Waals surface area contributed by atoms with Crippen LogP contribution in [0.3, 0.4) is 0 Å². The second kappa shape index (κ2) is 15.6. The molecule has 4 atom stereocenters. The third-order valence-corrected chi connectivity index (χ3v) is 9.26. The topological polar surface area (TPSA) is 83.1 Å². The Labute approximate surface area is 283 Å². The van der Waals surface area contributed by atoms with Crippen LogP contribution in [0.25, 0.3) is 21.9 Å². The van der Waals surface area contributed by atoms with Gasteiger partial charge in [-0.25, -0.2) is 4.79 Å². The Morgan fingerprint density at radius 2 is 1.56 bits per heavy atom. The lowest BCUT2D eigenvalue weighted by Crippen LogP contribution is -2.38. The fourth-order valence-corrected chi connectivity index (χ4v) is 6.33. The number of hydrogen-bond acceptors (Lipinski definition) is 5. The first kappa shape index (κ1) is 33.4. The van der Waals surface area contributed by atoms with Crippen LogP contribution in [-0.4, -0.2) is 42.3 Å². The van der Waals surface area contributed by atoms with E-state index in [0.717, 1.165) is 46.3 Å². The number of carbonyl (C=O) groups excluding carboxylic acids is 1. The van der Waals surface area contributed by atoms with Crippen LogP contribution < -0.4 is 10.6 Å². The lowest BCUT2D eigenvalue weighted by molar-refractivity contribution is -0.253. The summed E-state index contributed by atoms with van der Waals surface area (Å²) in [5, 5.41) is 17.7. The van der Waals surface area contributed by atoms with Gasteiger partial charge in [-0.2, -0.15) is 0 Å². The number of aliphatic hydroxyl groups excluding tert-OH is 1. The molecule has 0 spiro atoms. The standard InChI is InChI=1S/C41H45N3O4/c1-4-42-41(46)43-25-30-8-7-11-36(22-30)32-16-19-34(20-17-32)40-47-38(24-39(48-40)33-14-12-29(27-45)13-15-33)26-44(3)28(2)35-21-18-31-9-5-6-10-37(31)23-35/h5-23,28,38-40,45H,4,24-27H2,1-3H3,(H2,42,43,46)/t28-,38-,39+,40+/m1/s1. The molecule has 0 bridgehead atoms. The van der Waals surface area contributed by atoms with Crippen LogP contribution in [0.5, 0.6) is 0 Å². The summed E-state index contributed by atoms with van der Waals surface area (Å²) >= 11 is 0. The van der Waals surface area contributed by atoms with Crippen molar-refractivity contribution < 1.29 is 19.4 Å². The largest absolute Gasteiger partial charge is 0.392 e. The first-order valence-corrected chi connectivity index (χ1v) is 16.8. The van der Waals surface area contributed by atoms with E-state index in [9.17, 15) is 9.90 Å². The summed E-state index contributed by atoms with van der Waals surface area (Å²) in [5.74, 6) is 0. The van der Waals surface area contributed by atoms with E-state index in [1.807, 2.05) is 43.3 Å². The van der Waals surface area contributed by atoms with E-state index in [1.165, 1.54) is 16.3 Å². The summed E-state index contributed by atoms with van der Waals surface area (Å²) in [6.45, 7) is 5.94. The summed E-state index contributed by atoms with van der Waals surface area (Å²) in [7, 11) is 2.16. The number of hydrogen-bond donors (Lipinski definition) is 3. The smallest absolute Gasteiger partial charge is 0.315 e. The van der Waals surface area contributed by atoms with Gasteiger partial charge in [-0.05, 0) is 77.2 Å². The van der Waals surface area contributed by atoms with Crippen molar-refractivity contribution in [3.05, 3.63) is 143 Å². The van der Waals surface area contributed by atoms with Crippen molar-refractivity contribution in [1.29, 1.82) is 0 Å².